The molecule has 9 aromatic heterocycles. The van der Waals surface area contributed by atoms with Crippen LogP contribution in [-0.4, -0.2) is 112 Å². The fourth-order valence-corrected chi connectivity index (χ4v) is 5.91. The van der Waals surface area contributed by atoms with Gasteiger partial charge in [-0.25, -0.2) is 64.0 Å². The summed E-state index contributed by atoms with van der Waals surface area (Å²) in [6.07, 6.45) is 13.4. The molecule has 78 heavy (non-hydrogen) atoms. The topological polar surface area (TPSA) is 389 Å². The molecule has 0 atom stereocenters. The fraction of sp³-hybridized carbons (Fsp3) is 0.0816. The van der Waals surface area contributed by atoms with Gasteiger partial charge in [-0.3, -0.25) is 24.8 Å². The van der Waals surface area contributed by atoms with E-state index in [0.29, 0.717) is 51.3 Å². The molecule has 398 valence electrons. The van der Waals surface area contributed by atoms with Gasteiger partial charge in [0.15, 0.2) is 11.5 Å². The van der Waals surface area contributed by atoms with E-state index < -0.39 is 45.4 Å². The number of nitrogens with zero attached hydrogens (tertiary/aromatic N) is 12. The Labute approximate surface area is 439 Å². The molecule has 9 aromatic rings. The summed E-state index contributed by atoms with van der Waals surface area (Å²) in [6, 6.07) is 24.6. The molecule has 0 bridgehead atoms. The number of hydrogen-bond donors (Lipinski definition) is 4. The van der Waals surface area contributed by atoms with Crippen molar-refractivity contribution in [1.82, 2.24) is 49.4 Å². The van der Waals surface area contributed by atoms with Crippen molar-refractivity contribution < 1.29 is 52.4 Å². The molecular formula is C49H43FN16O12. The van der Waals surface area contributed by atoms with Crippen LogP contribution >= 0.6 is 0 Å². The molecule has 0 saturated carbocycles. The summed E-state index contributed by atoms with van der Waals surface area (Å²) in [4.78, 5) is 100. The van der Waals surface area contributed by atoms with Crippen LogP contribution in [0.1, 0.15) is 41.4 Å². The molecule has 0 saturated heterocycles. The van der Waals surface area contributed by atoms with Crippen LogP contribution in [0.25, 0.3) is 17.0 Å². The maximum absolute atomic E-state index is 12.3. The third-order valence-electron chi connectivity index (χ3n) is 9.54. The van der Waals surface area contributed by atoms with Crippen LogP contribution in [0, 0.1) is 26.2 Å². The van der Waals surface area contributed by atoms with Gasteiger partial charge < -0.3 is 41.0 Å². The average molecular weight is 1070 g/mol. The third-order valence-corrected chi connectivity index (χ3v) is 9.54. The standard InChI is InChI=1S/C13H10N4O2.C12H10N4O4.C12H12N4O2.C7H8N2O2.C5H3FN2O2/c1-19-13(18)9-4-6-14-11(7-9)17-8-16-10-3-2-5-15-12(10)17;1-20-12(17)8-4-6-13-10(7-8)15-11-9(16(18)19)3-2-5-14-11;1-18-12(17)8-4-6-14-10(7-8)16-11-9(13)3-2-5-15-11;1-11-7(10)5-2-3-9-6(8)4-5;6-5-4(8(9)10)2-1-3-7-5/h2-8H,1H3;2-7H,1H3,(H,13,14,15);2-7H,13H2,1H3,(H,14,15,16);2-4H,1H3,(H2,8,9);1-3H. The van der Waals surface area contributed by atoms with Crippen LogP contribution in [0.5, 0.6) is 0 Å². The van der Waals surface area contributed by atoms with Crippen LogP contribution < -0.4 is 22.1 Å². The van der Waals surface area contributed by atoms with Crippen molar-refractivity contribution >= 4 is 81.2 Å². The number of pyridine rings is 8. The number of fused-ring (bicyclic) bond motifs is 1. The van der Waals surface area contributed by atoms with Crippen LogP contribution in [0.3, 0.4) is 0 Å². The van der Waals surface area contributed by atoms with Crippen molar-refractivity contribution in [2.45, 2.75) is 0 Å². The third kappa shape index (κ3) is 16.5. The Hall–Kier alpha value is -11.5. The van der Waals surface area contributed by atoms with E-state index in [1.165, 1.54) is 89.6 Å². The number of esters is 4. The van der Waals surface area contributed by atoms with E-state index in [-0.39, 0.29) is 22.9 Å². The lowest BCUT2D eigenvalue weighted by molar-refractivity contribution is -0.388. The van der Waals surface area contributed by atoms with Crippen molar-refractivity contribution in [1.29, 1.82) is 0 Å². The van der Waals surface area contributed by atoms with Crippen LogP contribution in [0.2, 0.25) is 0 Å². The summed E-state index contributed by atoms with van der Waals surface area (Å²) in [6.45, 7) is 0. The zero-order chi connectivity index (χ0) is 56.6. The Bertz CT molecular complexity index is 3550. The van der Waals surface area contributed by atoms with Crippen molar-refractivity contribution in [3.63, 3.8) is 0 Å². The van der Waals surface area contributed by atoms with Crippen molar-refractivity contribution in [2.75, 3.05) is 50.5 Å². The van der Waals surface area contributed by atoms with Gasteiger partial charge in [0.2, 0.25) is 5.82 Å². The second-order valence-corrected chi connectivity index (χ2v) is 14.5. The lowest BCUT2D eigenvalue weighted by atomic mass is 10.2. The number of nitro groups is 2. The summed E-state index contributed by atoms with van der Waals surface area (Å²) in [7, 11) is 5.25. The smallest absolute Gasteiger partial charge is 0.338 e. The zero-order valence-corrected chi connectivity index (χ0v) is 41.2. The summed E-state index contributed by atoms with van der Waals surface area (Å²) in [5, 5.41) is 26.4. The van der Waals surface area contributed by atoms with Crippen LogP contribution in [-0.2, 0) is 18.9 Å². The molecule has 0 aliphatic rings. The lowest BCUT2D eigenvalue weighted by Crippen LogP contribution is -2.04. The van der Waals surface area contributed by atoms with E-state index in [1.807, 2.05) is 12.1 Å². The number of hydrogen-bond acceptors (Lipinski definition) is 25. The highest BCUT2D eigenvalue weighted by molar-refractivity contribution is 5.92. The van der Waals surface area contributed by atoms with Crippen LogP contribution in [0.15, 0.2) is 153 Å². The van der Waals surface area contributed by atoms with Gasteiger partial charge in [0.1, 0.15) is 35.1 Å². The Morgan fingerprint density at radius 2 is 0.962 bits per heavy atom. The summed E-state index contributed by atoms with van der Waals surface area (Å²) >= 11 is 0. The first-order valence-electron chi connectivity index (χ1n) is 21.9. The molecule has 0 radical (unpaired) electrons. The summed E-state index contributed by atoms with van der Waals surface area (Å²) < 4.78 is 32.4. The van der Waals surface area contributed by atoms with Gasteiger partial charge in [0.05, 0.1) is 66.2 Å². The van der Waals surface area contributed by atoms with Crippen LogP contribution in [0.4, 0.5) is 50.5 Å². The van der Waals surface area contributed by atoms with E-state index >= 15 is 0 Å². The summed E-state index contributed by atoms with van der Waals surface area (Å²) in [5.74, 6) is -0.637. The second kappa shape index (κ2) is 28.7. The van der Waals surface area contributed by atoms with Gasteiger partial charge in [-0.1, -0.05) is 0 Å². The number of ether oxygens (including phenoxy) is 4. The van der Waals surface area contributed by atoms with Crippen molar-refractivity contribution in [2.24, 2.45) is 0 Å². The molecule has 6 N–H and O–H groups in total. The van der Waals surface area contributed by atoms with E-state index in [4.69, 9.17) is 11.5 Å². The van der Waals surface area contributed by atoms with Gasteiger partial charge in [-0.05, 0) is 84.9 Å². The van der Waals surface area contributed by atoms with E-state index in [0.717, 1.165) is 17.8 Å². The van der Waals surface area contributed by atoms with Crippen molar-refractivity contribution in [3.05, 3.63) is 201 Å². The Kier molecular flexibility index (Phi) is 21.1. The molecule has 28 nitrogen and oxygen atoms in total. The average Bonchev–Trinajstić information content (AvgIpc) is 3.95. The highest BCUT2D eigenvalue weighted by atomic mass is 19.1. The summed E-state index contributed by atoms with van der Waals surface area (Å²) in [5.41, 5.74) is 13.8. The first kappa shape index (κ1) is 57.4. The lowest BCUT2D eigenvalue weighted by Gasteiger charge is -2.07. The number of carbonyl (C=O) groups excluding carboxylic acids is 4. The first-order chi connectivity index (χ1) is 37.6. The number of methoxy groups -OCH3 is 4. The number of rotatable bonds is 11. The fourth-order valence-electron chi connectivity index (χ4n) is 5.91. The molecule has 9 heterocycles. The highest BCUT2D eigenvalue weighted by Crippen LogP contribution is 2.24. The van der Waals surface area contributed by atoms with E-state index in [1.54, 1.807) is 71.9 Å². The quantitative estimate of drug-likeness (QED) is 0.0344. The normalized spacial score (nSPS) is 9.86. The molecule has 0 spiro atoms. The number of nitrogen functional groups attached to an aromatic ring is 2. The minimum Gasteiger partial charge on any atom is -0.465 e. The largest absolute Gasteiger partial charge is 0.465 e. The molecule has 0 fully saturated rings. The number of nitrogens with one attached hydrogen (secondary N) is 2. The molecule has 0 unspecified atom stereocenters. The Morgan fingerprint density at radius 1 is 0.513 bits per heavy atom. The van der Waals surface area contributed by atoms with Gasteiger partial charge in [-0.2, -0.15) is 4.39 Å². The maximum atomic E-state index is 12.3. The van der Waals surface area contributed by atoms with E-state index in [9.17, 15) is 43.8 Å². The molecule has 0 aliphatic carbocycles. The Morgan fingerprint density at radius 3 is 1.47 bits per heavy atom. The first-order valence-corrected chi connectivity index (χ1v) is 21.9. The monoisotopic (exact) mass is 1070 g/mol. The number of carbonyl (C=O) groups is 4. The number of halogens is 1. The van der Waals surface area contributed by atoms with Crippen molar-refractivity contribution in [3.8, 4) is 5.82 Å². The number of anilines is 6. The van der Waals surface area contributed by atoms with Gasteiger partial charge in [0.25, 0.3) is 5.95 Å². The number of nitrogens with two attached hydrogens (primary N) is 2. The Balaban J connectivity index is 0.000000184. The molecule has 29 heteroatoms. The predicted octanol–water partition coefficient (Wildman–Crippen LogP) is 6.69. The number of imidazole rings is 1. The van der Waals surface area contributed by atoms with Gasteiger partial charge >= 0.3 is 35.3 Å². The molecule has 0 aliphatic heterocycles. The molecule has 9 rings (SSSR count). The SMILES string of the molecule is COC(=O)c1ccnc(-n2cnc3cccnc32)c1.COC(=O)c1ccnc(N)c1.COC(=O)c1ccnc(Nc2ncccc2N)c1.COC(=O)c1ccnc(Nc2ncccc2[N+](=O)[O-])c1.O=[N+]([O-])c1cccnc1F. The molecule has 0 aromatic carbocycles. The second-order valence-electron chi connectivity index (χ2n) is 14.5. The minimum atomic E-state index is -1.05. The van der Waals surface area contributed by atoms with E-state index in [2.05, 4.69) is 74.4 Å². The van der Waals surface area contributed by atoms with Gasteiger partial charge in [0, 0.05) is 61.7 Å². The zero-order valence-electron chi connectivity index (χ0n) is 41.2. The van der Waals surface area contributed by atoms with Gasteiger partial charge in [-0.15, -0.1) is 0 Å². The highest BCUT2D eigenvalue weighted by Gasteiger charge is 2.17. The molecular weight excluding hydrogens is 1020 g/mol. The minimum absolute atomic E-state index is 0.0482. The number of aromatic nitrogens is 10. The predicted molar refractivity (Wildman–Crippen MR) is 276 cm³/mol. The maximum Gasteiger partial charge on any atom is 0.338 e. The molecule has 0 amide bonds.